The van der Waals surface area contributed by atoms with E-state index >= 15 is 0 Å². The molecule has 0 radical (unpaired) electrons. The summed E-state index contributed by atoms with van der Waals surface area (Å²) >= 11 is 0. The lowest BCUT2D eigenvalue weighted by atomic mass is 9.91. The molecule has 138 valence electrons. The van der Waals surface area contributed by atoms with E-state index in [0.717, 1.165) is 18.4 Å². The van der Waals surface area contributed by atoms with Crippen molar-refractivity contribution in [1.29, 1.82) is 0 Å². The van der Waals surface area contributed by atoms with Crippen LogP contribution in [0.4, 0.5) is 8.78 Å². The summed E-state index contributed by atoms with van der Waals surface area (Å²) in [6.45, 7) is 1.23. The van der Waals surface area contributed by atoms with Crippen LogP contribution in [0, 0.1) is 11.6 Å². The van der Waals surface area contributed by atoms with Gasteiger partial charge in [-0.15, -0.1) is 0 Å². The maximum atomic E-state index is 13.4. The van der Waals surface area contributed by atoms with E-state index in [1.165, 1.54) is 24.3 Å². The van der Waals surface area contributed by atoms with Crippen LogP contribution in [0.2, 0.25) is 0 Å². The highest BCUT2D eigenvalue weighted by molar-refractivity contribution is 5.94. The molecular weight excluding hydrogens is 348 g/mol. The molecule has 27 heavy (non-hydrogen) atoms. The van der Waals surface area contributed by atoms with Crippen molar-refractivity contribution in [3.63, 3.8) is 0 Å². The maximum absolute atomic E-state index is 13.4. The second-order valence-electron chi connectivity index (χ2n) is 6.77. The maximum Gasteiger partial charge on any atom is 0.253 e. The number of nitrogens with zero attached hydrogens (tertiary/aromatic N) is 3. The molecule has 1 saturated heterocycles. The molecular formula is C21H19F2N3O. The van der Waals surface area contributed by atoms with Crippen molar-refractivity contribution < 1.29 is 13.6 Å². The van der Waals surface area contributed by atoms with Gasteiger partial charge in [0.1, 0.15) is 11.6 Å². The Bertz CT molecular complexity index is 961. The highest BCUT2D eigenvalue weighted by Crippen LogP contribution is 2.29. The van der Waals surface area contributed by atoms with E-state index in [2.05, 4.69) is 5.10 Å². The van der Waals surface area contributed by atoms with Crippen molar-refractivity contribution in [2.24, 2.45) is 0 Å². The summed E-state index contributed by atoms with van der Waals surface area (Å²) in [5.74, 6) is -0.540. The van der Waals surface area contributed by atoms with Crippen LogP contribution in [-0.4, -0.2) is 33.7 Å². The molecule has 0 bridgehead atoms. The molecule has 4 rings (SSSR count). The summed E-state index contributed by atoms with van der Waals surface area (Å²) < 4.78 is 28.4. The minimum absolute atomic E-state index is 0.136. The molecule has 3 aromatic rings. The van der Waals surface area contributed by atoms with E-state index in [1.807, 2.05) is 6.20 Å². The van der Waals surface area contributed by atoms with Gasteiger partial charge in [-0.25, -0.2) is 13.5 Å². The zero-order valence-electron chi connectivity index (χ0n) is 14.7. The molecule has 0 N–H and O–H groups in total. The normalized spacial score (nSPS) is 15.1. The monoisotopic (exact) mass is 367 g/mol. The lowest BCUT2D eigenvalue weighted by molar-refractivity contribution is 0.0712. The summed E-state index contributed by atoms with van der Waals surface area (Å²) in [6, 6.07) is 12.1. The molecule has 1 aliphatic rings. The fraction of sp³-hybridized carbons (Fsp3) is 0.238. The molecule has 6 heteroatoms. The van der Waals surface area contributed by atoms with E-state index in [9.17, 15) is 13.6 Å². The van der Waals surface area contributed by atoms with Crippen molar-refractivity contribution in [3.05, 3.63) is 83.7 Å². The number of benzene rings is 2. The first-order valence-corrected chi connectivity index (χ1v) is 8.95. The zero-order chi connectivity index (χ0) is 18.8. The molecule has 1 aromatic heterocycles. The summed E-state index contributed by atoms with van der Waals surface area (Å²) in [7, 11) is 0. The van der Waals surface area contributed by atoms with Gasteiger partial charge in [0.25, 0.3) is 5.91 Å². The molecule has 1 aliphatic heterocycles. The number of hydrogen-bond acceptors (Lipinski definition) is 2. The second-order valence-corrected chi connectivity index (χ2v) is 6.77. The number of amides is 1. The van der Waals surface area contributed by atoms with Gasteiger partial charge in [-0.1, -0.05) is 12.1 Å². The number of hydrogen-bond donors (Lipinski definition) is 0. The third kappa shape index (κ3) is 3.74. The van der Waals surface area contributed by atoms with Crippen LogP contribution in [0.1, 0.15) is 34.7 Å². The number of likely N-dealkylation sites (tertiary alicyclic amines) is 1. The van der Waals surface area contributed by atoms with Crippen molar-refractivity contribution in [2.75, 3.05) is 13.1 Å². The topological polar surface area (TPSA) is 38.1 Å². The van der Waals surface area contributed by atoms with Crippen molar-refractivity contribution in [2.45, 2.75) is 18.8 Å². The van der Waals surface area contributed by atoms with Crippen molar-refractivity contribution >= 4 is 5.91 Å². The van der Waals surface area contributed by atoms with E-state index in [-0.39, 0.29) is 11.7 Å². The van der Waals surface area contributed by atoms with E-state index in [1.54, 1.807) is 40.0 Å². The third-order valence-electron chi connectivity index (χ3n) is 5.00. The summed E-state index contributed by atoms with van der Waals surface area (Å²) in [4.78, 5) is 14.3. The summed E-state index contributed by atoms with van der Waals surface area (Å²) in [6.07, 6.45) is 5.36. The Hall–Kier alpha value is -3.02. The first kappa shape index (κ1) is 17.4. The number of carbonyl (C=O) groups is 1. The first-order valence-electron chi connectivity index (χ1n) is 8.95. The van der Waals surface area contributed by atoms with Crippen LogP contribution in [0.15, 0.2) is 60.9 Å². The SMILES string of the molecule is O=C(c1cccc(F)c1)N1CCC(c2cnn(-c3cccc(F)c3)c2)CC1. The van der Waals surface area contributed by atoms with Crippen molar-refractivity contribution in [3.8, 4) is 5.69 Å². The molecule has 0 saturated carbocycles. The van der Waals surface area contributed by atoms with Gasteiger partial charge < -0.3 is 4.90 Å². The first-order chi connectivity index (χ1) is 13.1. The van der Waals surface area contributed by atoms with Gasteiger partial charge >= 0.3 is 0 Å². The molecule has 4 nitrogen and oxygen atoms in total. The molecule has 1 amide bonds. The van der Waals surface area contributed by atoms with Crippen LogP contribution >= 0.6 is 0 Å². The molecule has 2 aromatic carbocycles. The number of carbonyl (C=O) groups excluding carboxylic acids is 1. The van der Waals surface area contributed by atoms with Crippen LogP contribution in [0.3, 0.4) is 0 Å². The van der Waals surface area contributed by atoms with Gasteiger partial charge in [0.15, 0.2) is 0 Å². The van der Waals surface area contributed by atoms with Crippen molar-refractivity contribution in [1.82, 2.24) is 14.7 Å². The molecule has 1 fully saturated rings. The van der Waals surface area contributed by atoms with Gasteiger partial charge in [0.05, 0.1) is 11.9 Å². The van der Waals surface area contributed by atoms with E-state index < -0.39 is 5.82 Å². The Morgan fingerprint density at radius 3 is 2.41 bits per heavy atom. The second kappa shape index (κ2) is 7.31. The zero-order valence-corrected chi connectivity index (χ0v) is 14.7. The Balaban J connectivity index is 1.42. The van der Waals surface area contributed by atoms with Gasteiger partial charge in [-0.2, -0.15) is 5.10 Å². The lowest BCUT2D eigenvalue weighted by Gasteiger charge is -2.31. The van der Waals surface area contributed by atoms with Gasteiger partial charge in [-0.3, -0.25) is 4.79 Å². The average Bonchev–Trinajstić information content (AvgIpc) is 3.18. The quantitative estimate of drug-likeness (QED) is 0.697. The number of piperidine rings is 1. The Kier molecular flexibility index (Phi) is 4.71. The minimum Gasteiger partial charge on any atom is -0.339 e. The van der Waals surface area contributed by atoms with Gasteiger partial charge in [0.2, 0.25) is 0 Å². The van der Waals surface area contributed by atoms with E-state index in [4.69, 9.17) is 0 Å². The Morgan fingerprint density at radius 1 is 1.00 bits per heavy atom. The third-order valence-corrected chi connectivity index (χ3v) is 5.00. The fourth-order valence-electron chi connectivity index (χ4n) is 3.53. The largest absolute Gasteiger partial charge is 0.339 e. The number of aromatic nitrogens is 2. The van der Waals surface area contributed by atoms with Crippen LogP contribution in [0.25, 0.3) is 5.69 Å². The number of rotatable bonds is 3. The van der Waals surface area contributed by atoms with Crippen LogP contribution < -0.4 is 0 Å². The van der Waals surface area contributed by atoms with E-state index in [0.29, 0.717) is 30.3 Å². The van der Waals surface area contributed by atoms with Gasteiger partial charge in [0, 0.05) is 24.8 Å². The Labute approximate surface area is 156 Å². The fourth-order valence-corrected chi connectivity index (χ4v) is 3.53. The standard InChI is InChI=1S/C21H19F2N3O/c22-18-4-1-3-16(11-18)21(27)25-9-7-15(8-10-25)17-13-24-26(14-17)20-6-2-5-19(23)12-20/h1-6,11-15H,7-10H2. The Morgan fingerprint density at radius 2 is 1.70 bits per heavy atom. The van der Waals surface area contributed by atoms with Crippen LogP contribution in [0.5, 0.6) is 0 Å². The average molecular weight is 367 g/mol. The van der Waals surface area contributed by atoms with Crippen LogP contribution in [-0.2, 0) is 0 Å². The predicted molar refractivity (Wildman–Crippen MR) is 97.8 cm³/mol. The summed E-state index contributed by atoms with van der Waals surface area (Å²) in [5.41, 5.74) is 2.14. The molecule has 0 atom stereocenters. The molecule has 0 spiro atoms. The molecule has 0 unspecified atom stereocenters. The highest BCUT2D eigenvalue weighted by Gasteiger charge is 2.25. The molecule has 0 aliphatic carbocycles. The highest BCUT2D eigenvalue weighted by atomic mass is 19.1. The smallest absolute Gasteiger partial charge is 0.253 e. The van der Waals surface area contributed by atoms with Gasteiger partial charge in [-0.05, 0) is 60.7 Å². The predicted octanol–water partition coefficient (Wildman–Crippen LogP) is 4.17. The minimum atomic E-state index is -0.402. The number of halogens is 2. The summed E-state index contributed by atoms with van der Waals surface area (Å²) in [5, 5.41) is 4.34. The molecule has 2 heterocycles. The lowest BCUT2D eigenvalue weighted by Crippen LogP contribution is -2.37.